The van der Waals surface area contributed by atoms with Gasteiger partial charge in [-0.3, -0.25) is 4.68 Å². The quantitative estimate of drug-likeness (QED) is 0.450. The average molecular weight is 469 g/mol. The smallest absolute Gasteiger partial charge is 0.370 e. The maximum Gasteiger partial charge on any atom is 0.418 e. The molecule has 0 unspecified atom stereocenters. The minimum Gasteiger partial charge on any atom is -0.370 e. The van der Waals surface area contributed by atoms with Crippen LogP contribution in [0.5, 0.6) is 0 Å². The van der Waals surface area contributed by atoms with Crippen LogP contribution in [0.3, 0.4) is 0 Å². The number of benzene rings is 2. The van der Waals surface area contributed by atoms with Crippen LogP contribution in [0.1, 0.15) is 32.8 Å². The Morgan fingerprint density at radius 2 is 1.85 bits per heavy atom. The van der Waals surface area contributed by atoms with Crippen molar-refractivity contribution in [3.05, 3.63) is 48.3 Å². The van der Waals surface area contributed by atoms with Gasteiger partial charge >= 0.3 is 6.18 Å². The molecule has 0 bridgehead atoms. The van der Waals surface area contributed by atoms with Crippen molar-refractivity contribution >= 4 is 27.5 Å². The Kier molecular flexibility index (Phi) is 5.27. The summed E-state index contributed by atoms with van der Waals surface area (Å²) in [5, 5.41) is 8.90. The fraction of sp³-hybridized carbons (Fsp3) is 0.400. The van der Waals surface area contributed by atoms with Gasteiger partial charge in [0.05, 0.1) is 11.1 Å². The van der Waals surface area contributed by atoms with Gasteiger partial charge in [0.2, 0.25) is 0 Å². The van der Waals surface area contributed by atoms with Crippen molar-refractivity contribution in [2.45, 2.75) is 44.9 Å². The molecule has 2 aromatic carbocycles. The van der Waals surface area contributed by atoms with Crippen LogP contribution in [0.15, 0.2) is 42.7 Å². The van der Waals surface area contributed by atoms with E-state index in [2.05, 4.69) is 46.1 Å². The van der Waals surface area contributed by atoms with Crippen molar-refractivity contribution in [3.63, 3.8) is 0 Å². The molecular weight excluding hydrogens is 441 g/mol. The van der Waals surface area contributed by atoms with Crippen LogP contribution in [-0.2, 0) is 13.2 Å². The Labute approximate surface area is 195 Å². The molecule has 4 aromatic rings. The zero-order chi connectivity index (χ0) is 24.3. The largest absolute Gasteiger partial charge is 0.418 e. The van der Waals surface area contributed by atoms with Crippen molar-refractivity contribution in [2.24, 2.45) is 7.05 Å². The highest BCUT2D eigenvalue weighted by molar-refractivity contribution is 5.88. The number of rotatable bonds is 3. The lowest BCUT2D eigenvalue weighted by Crippen LogP contribution is -2.44. The van der Waals surface area contributed by atoms with E-state index in [1.807, 2.05) is 18.2 Å². The zero-order valence-electron chi connectivity index (χ0n) is 19.6. The lowest BCUT2D eigenvalue weighted by Gasteiger charge is -2.26. The number of hydrogen-bond donors (Lipinski definition) is 1. The summed E-state index contributed by atoms with van der Waals surface area (Å²) in [6.07, 6.45) is -0.199. The number of hydrogen-bond acceptors (Lipinski definition) is 5. The average Bonchev–Trinajstić information content (AvgIpc) is 3.35. The molecule has 2 aromatic heterocycles. The first-order valence-corrected chi connectivity index (χ1v) is 11.3. The molecule has 34 heavy (non-hydrogen) atoms. The summed E-state index contributed by atoms with van der Waals surface area (Å²) in [4.78, 5) is 11.3. The second-order valence-electron chi connectivity index (χ2n) is 10.0. The van der Waals surface area contributed by atoms with Crippen LogP contribution in [0.2, 0.25) is 0 Å². The van der Waals surface area contributed by atoms with Crippen molar-refractivity contribution in [3.8, 4) is 11.4 Å². The van der Waals surface area contributed by atoms with Crippen molar-refractivity contribution < 1.29 is 13.2 Å². The van der Waals surface area contributed by atoms with E-state index in [9.17, 15) is 13.2 Å². The van der Waals surface area contributed by atoms with E-state index in [-0.39, 0.29) is 16.9 Å². The van der Waals surface area contributed by atoms with Crippen LogP contribution in [-0.4, -0.2) is 44.4 Å². The molecule has 1 aliphatic rings. The topological polar surface area (TPSA) is 58.9 Å². The molecular formula is C25H27F3N6. The van der Waals surface area contributed by atoms with Gasteiger partial charge in [-0.2, -0.15) is 18.3 Å². The van der Waals surface area contributed by atoms with Crippen molar-refractivity contribution in [1.29, 1.82) is 0 Å². The second kappa shape index (κ2) is 7.94. The van der Waals surface area contributed by atoms with Gasteiger partial charge < -0.3 is 10.2 Å². The van der Waals surface area contributed by atoms with E-state index in [1.165, 1.54) is 4.68 Å². The van der Waals surface area contributed by atoms with Gasteiger partial charge in [0.25, 0.3) is 0 Å². The molecule has 0 saturated carbocycles. The molecule has 0 radical (unpaired) electrons. The number of aryl methyl sites for hydroxylation is 1. The minimum absolute atomic E-state index is 0.0686. The van der Waals surface area contributed by atoms with Gasteiger partial charge in [0.1, 0.15) is 5.52 Å². The van der Waals surface area contributed by atoms with E-state index in [1.54, 1.807) is 25.5 Å². The Balaban J connectivity index is 1.46. The van der Waals surface area contributed by atoms with Gasteiger partial charge in [0.15, 0.2) is 5.82 Å². The predicted molar refractivity (Wildman–Crippen MR) is 128 cm³/mol. The first-order chi connectivity index (χ1) is 16.0. The number of aromatic nitrogens is 4. The molecule has 1 fully saturated rings. The molecule has 1 aliphatic heterocycles. The van der Waals surface area contributed by atoms with Gasteiger partial charge in [-0.15, -0.1) is 0 Å². The van der Waals surface area contributed by atoms with E-state index in [4.69, 9.17) is 0 Å². The molecule has 1 N–H and O–H groups in total. The molecule has 0 amide bonds. The number of fused-ring (bicyclic) bond motifs is 2. The molecule has 1 atom stereocenters. The minimum atomic E-state index is -4.52. The van der Waals surface area contributed by atoms with Crippen LogP contribution >= 0.6 is 0 Å². The summed E-state index contributed by atoms with van der Waals surface area (Å²) in [6.45, 7) is 8.40. The van der Waals surface area contributed by atoms with Gasteiger partial charge in [-0.1, -0.05) is 0 Å². The predicted octanol–water partition coefficient (Wildman–Crippen LogP) is 5.17. The van der Waals surface area contributed by atoms with E-state index < -0.39 is 11.7 Å². The number of halogens is 3. The van der Waals surface area contributed by atoms with Crippen LogP contribution in [0.4, 0.5) is 18.9 Å². The normalized spacial score (nSPS) is 17.3. The molecule has 1 saturated heterocycles. The van der Waals surface area contributed by atoms with Crippen LogP contribution in [0, 0.1) is 0 Å². The molecule has 9 heteroatoms. The third kappa shape index (κ3) is 4.44. The second-order valence-corrected chi connectivity index (χ2v) is 10.0. The van der Waals surface area contributed by atoms with Crippen LogP contribution < -0.4 is 10.2 Å². The standard InChI is InChI=1S/C25H27F3N6/c1-24(2,3)31-18-7-8-34(14-18)19-5-6-21-16(10-19)12-29-23(30-21)15-9-17-13-33(4)32-22(17)20(11-15)25(26,27)28/h5-6,9-13,18,31H,7-8,14H2,1-4H3/t18-/m1/s1. The maximum absolute atomic E-state index is 13.7. The Bertz CT molecular complexity index is 1370. The number of alkyl halides is 3. The Morgan fingerprint density at radius 3 is 2.59 bits per heavy atom. The van der Waals surface area contributed by atoms with Gasteiger partial charge in [-0.25, -0.2) is 9.97 Å². The highest BCUT2D eigenvalue weighted by Crippen LogP contribution is 2.37. The molecule has 0 spiro atoms. The summed E-state index contributed by atoms with van der Waals surface area (Å²) < 4.78 is 42.4. The number of anilines is 1. The summed E-state index contributed by atoms with van der Waals surface area (Å²) in [7, 11) is 1.60. The summed E-state index contributed by atoms with van der Waals surface area (Å²) >= 11 is 0. The zero-order valence-corrected chi connectivity index (χ0v) is 19.6. The molecule has 3 heterocycles. The molecule has 178 valence electrons. The van der Waals surface area contributed by atoms with Crippen LogP contribution in [0.25, 0.3) is 33.2 Å². The number of nitrogens with one attached hydrogen (secondary N) is 1. The first kappa shape index (κ1) is 22.6. The lowest BCUT2D eigenvalue weighted by molar-refractivity contribution is -0.136. The monoisotopic (exact) mass is 468 g/mol. The van der Waals surface area contributed by atoms with E-state index in [0.29, 0.717) is 22.5 Å². The molecule has 6 nitrogen and oxygen atoms in total. The van der Waals surface area contributed by atoms with E-state index >= 15 is 0 Å². The van der Waals surface area contributed by atoms with E-state index in [0.717, 1.165) is 36.7 Å². The Morgan fingerprint density at radius 1 is 1.06 bits per heavy atom. The lowest BCUT2D eigenvalue weighted by atomic mass is 10.1. The maximum atomic E-state index is 13.7. The summed E-state index contributed by atoms with van der Waals surface area (Å²) in [6, 6.07) is 9.14. The Hall–Kier alpha value is -3.20. The summed E-state index contributed by atoms with van der Waals surface area (Å²) in [5.41, 5.74) is 1.31. The highest BCUT2D eigenvalue weighted by atomic mass is 19.4. The fourth-order valence-corrected chi connectivity index (χ4v) is 4.68. The fourth-order valence-electron chi connectivity index (χ4n) is 4.68. The van der Waals surface area contributed by atoms with Gasteiger partial charge in [-0.05, 0) is 57.5 Å². The highest BCUT2D eigenvalue weighted by Gasteiger charge is 2.34. The first-order valence-electron chi connectivity index (χ1n) is 11.3. The van der Waals surface area contributed by atoms with Crippen molar-refractivity contribution in [2.75, 3.05) is 18.0 Å². The molecule has 0 aliphatic carbocycles. The molecule has 5 rings (SSSR count). The summed E-state index contributed by atoms with van der Waals surface area (Å²) in [5.74, 6) is 0.257. The van der Waals surface area contributed by atoms with Gasteiger partial charge in [0, 0.05) is 66.1 Å². The SMILES string of the molecule is Cn1cc2cc(-c3ncc4cc(N5CC[C@@H](NC(C)(C)C)C5)ccc4n3)cc(C(F)(F)F)c2n1. The third-order valence-corrected chi connectivity index (χ3v) is 6.04. The van der Waals surface area contributed by atoms with Crippen molar-refractivity contribution in [1.82, 2.24) is 25.1 Å². The third-order valence-electron chi connectivity index (χ3n) is 6.04. The number of nitrogens with zero attached hydrogens (tertiary/aromatic N) is 5.